The molecule has 1 heterocycles. The molecule has 0 spiro atoms. The summed E-state index contributed by atoms with van der Waals surface area (Å²) in [6.45, 7) is 8.64. The van der Waals surface area contributed by atoms with Crippen LogP contribution in [0.15, 0.2) is 29.2 Å². The molecule has 0 unspecified atom stereocenters. The Kier molecular flexibility index (Phi) is 5.71. The van der Waals surface area contributed by atoms with E-state index in [-0.39, 0.29) is 22.9 Å². The van der Waals surface area contributed by atoms with Crippen molar-refractivity contribution in [2.45, 2.75) is 57.5 Å². The van der Waals surface area contributed by atoms with Gasteiger partial charge in [-0.05, 0) is 50.8 Å². The topological polar surface area (TPSA) is 57.7 Å². The summed E-state index contributed by atoms with van der Waals surface area (Å²) in [4.78, 5) is 14.9. The van der Waals surface area contributed by atoms with E-state index in [1.165, 1.54) is 10.4 Å². The molecule has 1 aromatic rings. The Balaban J connectivity index is 2.33. The minimum atomic E-state index is -3.59. The number of carbonyl (C=O) groups is 1. The van der Waals surface area contributed by atoms with Crippen molar-refractivity contribution in [1.82, 2.24) is 9.21 Å². The van der Waals surface area contributed by atoms with Gasteiger partial charge in [0.2, 0.25) is 10.0 Å². The van der Waals surface area contributed by atoms with E-state index >= 15 is 0 Å². The van der Waals surface area contributed by atoms with Crippen molar-refractivity contribution in [1.29, 1.82) is 0 Å². The summed E-state index contributed by atoms with van der Waals surface area (Å²) in [6.07, 6.45) is 1.92. The fourth-order valence-corrected chi connectivity index (χ4v) is 4.70. The highest BCUT2D eigenvalue weighted by Gasteiger charge is 2.34. The van der Waals surface area contributed by atoms with Gasteiger partial charge >= 0.3 is 0 Å². The van der Waals surface area contributed by atoms with Crippen molar-refractivity contribution in [3.05, 3.63) is 29.8 Å². The number of rotatable bonds is 5. The second kappa shape index (κ2) is 7.23. The molecule has 2 rings (SSSR count). The van der Waals surface area contributed by atoms with Gasteiger partial charge < -0.3 is 4.90 Å². The van der Waals surface area contributed by atoms with Crippen molar-refractivity contribution >= 4 is 15.9 Å². The van der Waals surface area contributed by atoms with Gasteiger partial charge in [-0.25, -0.2) is 8.42 Å². The smallest absolute Gasteiger partial charge is 0.254 e. The van der Waals surface area contributed by atoms with Crippen LogP contribution in [0.25, 0.3) is 0 Å². The number of hydrogen-bond acceptors (Lipinski definition) is 3. The van der Waals surface area contributed by atoms with E-state index in [0.29, 0.717) is 11.5 Å². The largest absolute Gasteiger partial charge is 0.335 e. The molecular formula is C18H28N2O3S. The summed E-state index contributed by atoms with van der Waals surface area (Å²) in [5.41, 5.74) is 0.445. The second-order valence-electron chi connectivity index (χ2n) is 6.88. The highest BCUT2D eigenvalue weighted by Crippen LogP contribution is 2.28. The number of nitrogens with zero attached hydrogens (tertiary/aromatic N) is 2. The average molecular weight is 353 g/mol. The van der Waals surface area contributed by atoms with Gasteiger partial charge in [0.15, 0.2) is 0 Å². The molecule has 1 fully saturated rings. The first-order valence-corrected chi connectivity index (χ1v) is 10.0. The molecular weight excluding hydrogens is 324 g/mol. The summed E-state index contributed by atoms with van der Waals surface area (Å²) in [5.74, 6) is 0.411. The fraction of sp³-hybridized carbons (Fsp3) is 0.611. The lowest BCUT2D eigenvalue weighted by Crippen LogP contribution is -2.37. The van der Waals surface area contributed by atoms with Crippen LogP contribution in [0.2, 0.25) is 0 Å². The minimum absolute atomic E-state index is 0.0737. The summed E-state index contributed by atoms with van der Waals surface area (Å²) < 4.78 is 26.6. The van der Waals surface area contributed by atoms with Crippen molar-refractivity contribution in [3.63, 3.8) is 0 Å². The van der Waals surface area contributed by atoms with E-state index in [9.17, 15) is 13.2 Å². The lowest BCUT2D eigenvalue weighted by molar-refractivity contribution is 0.0718. The Morgan fingerprint density at radius 2 is 2.04 bits per heavy atom. The summed E-state index contributed by atoms with van der Waals surface area (Å²) in [7, 11) is -2.03. The highest BCUT2D eigenvalue weighted by molar-refractivity contribution is 7.89. The monoisotopic (exact) mass is 352 g/mol. The molecule has 2 atom stereocenters. The zero-order valence-corrected chi connectivity index (χ0v) is 16.0. The van der Waals surface area contributed by atoms with Gasteiger partial charge in [0.25, 0.3) is 5.91 Å². The first-order valence-electron chi connectivity index (χ1n) is 8.59. The van der Waals surface area contributed by atoms with Crippen LogP contribution in [0.4, 0.5) is 0 Å². The van der Waals surface area contributed by atoms with E-state index in [1.807, 2.05) is 18.7 Å². The molecule has 1 aromatic carbocycles. The molecule has 1 amide bonds. The average Bonchev–Trinajstić information content (AvgIpc) is 2.94. The van der Waals surface area contributed by atoms with E-state index in [1.54, 1.807) is 25.2 Å². The molecule has 1 saturated heterocycles. The van der Waals surface area contributed by atoms with Gasteiger partial charge in [-0.15, -0.1) is 0 Å². The zero-order valence-electron chi connectivity index (χ0n) is 15.2. The van der Waals surface area contributed by atoms with Crippen molar-refractivity contribution in [3.8, 4) is 0 Å². The Labute approximate surface area is 145 Å². The maximum absolute atomic E-state index is 12.9. The third-order valence-electron chi connectivity index (χ3n) is 5.05. The van der Waals surface area contributed by atoms with Crippen LogP contribution in [0.1, 0.15) is 50.9 Å². The van der Waals surface area contributed by atoms with Gasteiger partial charge in [0.05, 0.1) is 4.90 Å². The predicted molar refractivity (Wildman–Crippen MR) is 95.4 cm³/mol. The summed E-state index contributed by atoms with van der Waals surface area (Å²) in [5, 5.41) is 0. The number of amides is 1. The highest BCUT2D eigenvalue weighted by atomic mass is 32.2. The van der Waals surface area contributed by atoms with Crippen LogP contribution in [-0.4, -0.2) is 49.2 Å². The van der Waals surface area contributed by atoms with Crippen LogP contribution >= 0.6 is 0 Å². The standard InChI is InChI=1S/C18H28N2O3S/c1-6-17-14(4)10-11-20(17)18(21)15-8-7-9-16(12-15)24(22,23)19(5)13(2)3/h7-9,12-14,17H,6,10-11H2,1-5H3/t14-,17+/m1/s1. The van der Waals surface area contributed by atoms with Gasteiger partial charge in [0.1, 0.15) is 0 Å². The van der Waals surface area contributed by atoms with Gasteiger partial charge in [-0.1, -0.05) is 19.9 Å². The third-order valence-corrected chi connectivity index (χ3v) is 7.08. The van der Waals surface area contributed by atoms with E-state index < -0.39 is 10.0 Å². The maximum atomic E-state index is 12.9. The van der Waals surface area contributed by atoms with Gasteiger partial charge in [0, 0.05) is 31.2 Å². The molecule has 1 aliphatic heterocycles. The Hall–Kier alpha value is -1.40. The van der Waals surface area contributed by atoms with Crippen molar-refractivity contribution in [2.75, 3.05) is 13.6 Å². The first-order chi connectivity index (χ1) is 11.2. The number of likely N-dealkylation sites (tertiary alicyclic amines) is 1. The molecule has 0 bridgehead atoms. The number of hydrogen-bond donors (Lipinski definition) is 0. The molecule has 0 aliphatic carbocycles. The number of carbonyl (C=O) groups excluding carboxylic acids is 1. The lowest BCUT2D eigenvalue weighted by atomic mass is 10.0. The first kappa shape index (κ1) is 18.9. The normalized spacial score (nSPS) is 21.7. The van der Waals surface area contributed by atoms with Crippen LogP contribution in [0.5, 0.6) is 0 Å². The number of benzene rings is 1. The molecule has 0 radical (unpaired) electrons. The van der Waals surface area contributed by atoms with Crippen LogP contribution < -0.4 is 0 Å². The predicted octanol–water partition coefficient (Wildman–Crippen LogP) is 2.98. The van der Waals surface area contributed by atoms with Crippen molar-refractivity contribution < 1.29 is 13.2 Å². The van der Waals surface area contributed by atoms with E-state index in [0.717, 1.165) is 19.4 Å². The molecule has 1 aliphatic rings. The molecule has 5 nitrogen and oxygen atoms in total. The van der Waals surface area contributed by atoms with Gasteiger partial charge in [-0.3, -0.25) is 4.79 Å². The second-order valence-corrected chi connectivity index (χ2v) is 8.88. The minimum Gasteiger partial charge on any atom is -0.335 e. The molecule has 134 valence electrons. The molecule has 0 saturated carbocycles. The fourth-order valence-electron chi connectivity index (χ4n) is 3.28. The van der Waals surface area contributed by atoms with Crippen molar-refractivity contribution in [2.24, 2.45) is 5.92 Å². The lowest BCUT2D eigenvalue weighted by Gasteiger charge is -2.26. The van der Waals surface area contributed by atoms with Gasteiger partial charge in [-0.2, -0.15) is 4.31 Å². The Morgan fingerprint density at radius 3 is 2.62 bits per heavy atom. The Morgan fingerprint density at radius 1 is 1.38 bits per heavy atom. The Bertz CT molecular complexity index is 700. The zero-order chi connectivity index (χ0) is 18.1. The quantitative estimate of drug-likeness (QED) is 0.818. The maximum Gasteiger partial charge on any atom is 0.254 e. The van der Waals surface area contributed by atoms with Crippen LogP contribution in [-0.2, 0) is 10.0 Å². The summed E-state index contributed by atoms with van der Waals surface area (Å²) >= 11 is 0. The summed E-state index contributed by atoms with van der Waals surface area (Å²) in [6, 6.07) is 6.50. The molecule has 24 heavy (non-hydrogen) atoms. The molecule has 6 heteroatoms. The van der Waals surface area contributed by atoms with Crippen LogP contribution in [0, 0.1) is 5.92 Å². The molecule has 0 aromatic heterocycles. The van der Waals surface area contributed by atoms with E-state index in [2.05, 4.69) is 13.8 Å². The molecule has 0 N–H and O–H groups in total. The SMILES string of the molecule is CC[C@H]1[C@H](C)CCN1C(=O)c1cccc(S(=O)(=O)N(C)C(C)C)c1. The third kappa shape index (κ3) is 3.49. The van der Waals surface area contributed by atoms with Crippen LogP contribution in [0.3, 0.4) is 0 Å². The van der Waals surface area contributed by atoms with E-state index in [4.69, 9.17) is 0 Å². The number of sulfonamides is 1.